The molecule has 1 unspecified atom stereocenters. The van der Waals surface area contributed by atoms with Crippen LogP contribution in [0.15, 0.2) is 24.8 Å². The maximum absolute atomic E-state index is 12.9. The Morgan fingerprint density at radius 1 is 1.19 bits per heavy atom. The van der Waals surface area contributed by atoms with Crippen LogP contribution in [0.5, 0.6) is 0 Å². The molecule has 1 atom stereocenters. The van der Waals surface area contributed by atoms with Crippen molar-refractivity contribution >= 4 is 5.91 Å². The molecule has 1 saturated carbocycles. The molecule has 2 aromatic heterocycles. The number of amides is 1. The van der Waals surface area contributed by atoms with Gasteiger partial charge in [0.1, 0.15) is 5.82 Å². The summed E-state index contributed by atoms with van der Waals surface area (Å²) in [4.78, 5) is 32.3. The van der Waals surface area contributed by atoms with Crippen LogP contribution in [-0.4, -0.2) is 56.5 Å². The third-order valence-electron chi connectivity index (χ3n) is 5.05. The molecule has 1 aliphatic heterocycles. The first-order valence-electron chi connectivity index (χ1n) is 9.19. The lowest BCUT2D eigenvalue weighted by atomic mass is 10.1. The minimum atomic E-state index is -0.0171. The van der Waals surface area contributed by atoms with Crippen molar-refractivity contribution in [3.63, 3.8) is 0 Å². The van der Waals surface area contributed by atoms with Gasteiger partial charge in [-0.3, -0.25) is 14.8 Å². The highest BCUT2D eigenvalue weighted by atomic mass is 16.5. The van der Waals surface area contributed by atoms with Crippen molar-refractivity contribution in [1.82, 2.24) is 24.8 Å². The predicted molar refractivity (Wildman–Crippen MR) is 94.7 cm³/mol. The number of hydrogen-bond donors (Lipinski definition) is 0. The number of carbonyl (C=O) groups excluding carboxylic acids is 1. The molecule has 136 valence electrons. The van der Waals surface area contributed by atoms with Crippen LogP contribution in [0.3, 0.4) is 0 Å². The van der Waals surface area contributed by atoms with E-state index in [0.29, 0.717) is 31.2 Å². The highest BCUT2D eigenvalue weighted by Crippen LogP contribution is 2.37. The largest absolute Gasteiger partial charge is 0.377 e. The molecule has 0 spiro atoms. The maximum Gasteiger partial charge on any atom is 0.257 e. The molecule has 2 aromatic rings. The third-order valence-corrected chi connectivity index (χ3v) is 5.05. The van der Waals surface area contributed by atoms with Gasteiger partial charge in [-0.15, -0.1) is 0 Å². The van der Waals surface area contributed by atoms with Crippen molar-refractivity contribution in [2.24, 2.45) is 0 Å². The van der Waals surface area contributed by atoms with Gasteiger partial charge >= 0.3 is 0 Å². The van der Waals surface area contributed by atoms with Gasteiger partial charge in [-0.25, -0.2) is 9.97 Å². The first kappa shape index (κ1) is 17.0. The van der Waals surface area contributed by atoms with Crippen LogP contribution in [0.2, 0.25) is 0 Å². The fourth-order valence-corrected chi connectivity index (χ4v) is 3.31. The molecule has 4 rings (SSSR count). The van der Waals surface area contributed by atoms with E-state index < -0.39 is 0 Å². The first-order valence-corrected chi connectivity index (χ1v) is 9.19. The van der Waals surface area contributed by atoms with Crippen molar-refractivity contribution in [1.29, 1.82) is 0 Å². The fraction of sp³-hybridized carbons (Fsp3) is 0.526. The van der Waals surface area contributed by atoms with Crippen LogP contribution in [0.4, 0.5) is 0 Å². The van der Waals surface area contributed by atoms with Gasteiger partial charge in [-0.1, -0.05) is 0 Å². The van der Waals surface area contributed by atoms with E-state index in [1.54, 1.807) is 24.8 Å². The van der Waals surface area contributed by atoms with Gasteiger partial charge in [0.25, 0.3) is 5.91 Å². The summed E-state index contributed by atoms with van der Waals surface area (Å²) >= 11 is 0. The van der Waals surface area contributed by atoms with E-state index in [4.69, 9.17) is 4.74 Å². The lowest BCUT2D eigenvalue weighted by Gasteiger charge is -2.35. The summed E-state index contributed by atoms with van der Waals surface area (Å²) in [5.41, 5.74) is 2.46. The number of morpholine rings is 1. The van der Waals surface area contributed by atoms with E-state index in [0.717, 1.165) is 42.9 Å². The van der Waals surface area contributed by atoms with E-state index in [2.05, 4.69) is 19.9 Å². The van der Waals surface area contributed by atoms with E-state index >= 15 is 0 Å². The van der Waals surface area contributed by atoms with Crippen molar-refractivity contribution in [3.8, 4) is 0 Å². The average Bonchev–Trinajstić information content (AvgIpc) is 3.53. The number of aryl methyl sites for hydroxylation is 2. The van der Waals surface area contributed by atoms with Crippen molar-refractivity contribution < 1.29 is 9.53 Å². The number of ether oxygens (including phenoxy) is 1. The third kappa shape index (κ3) is 3.72. The summed E-state index contributed by atoms with van der Waals surface area (Å²) in [5.74, 6) is 1.33. The second-order valence-corrected chi connectivity index (χ2v) is 6.96. The van der Waals surface area contributed by atoms with Crippen molar-refractivity contribution in [2.45, 2.75) is 44.6 Å². The Balaban J connectivity index is 1.44. The molecule has 26 heavy (non-hydrogen) atoms. The zero-order chi connectivity index (χ0) is 17.9. The lowest BCUT2D eigenvalue weighted by Crippen LogP contribution is -2.49. The lowest BCUT2D eigenvalue weighted by molar-refractivity contribution is -0.00419. The molecule has 2 aliphatic rings. The topological polar surface area (TPSA) is 81.1 Å². The molecule has 1 saturated heterocycles. The van der Waals surface area contributed by atoms with Gasteiger partial charge in [0.15, 0.2) is 0 Å². The molecule has 1 aliphatic carbocycles. The van der Waals surface area contributed by atoms with Crippen molar-refractivity contribution in [3.05, 3.63) is 47.6 Å². The number of rotatable bonds is 5. The summed E-state index contributed by atoms with van der Waals surface area (Å²) in [7, 11) is 0. The Labute approximate surface area is 152 Å². The Morgan fingerprint density at radius 2 is 1.96 bits per heavy atom. The van der Waals surface area contributed by atoms with Gasteiger partial charge in [-0.2, -0.15) is 0 Å². The molecule has 1 amide bonds. The Morgan fingerprint density at radius 3 is 2.69 bits per heavy atom. The van der Waals surface area contributed by atoms with Gasteiger partial charge in [0.2, 0.25) is 0 Å². The second kappa shape index (κ2) is 7.45. The van der Waals surface area contributed by atoms with E-state index in [1.165, 1.54) is 0 Å². The molecule has 3 heterocycles. The molecular weight excluding hydrogens is 330 g/mol. The molecule has 0 radical (unpaired) electrons. The van der Waals surface area contributed by atoms with E-state index in [9.17, 15) is 4.79 Å². The second-order valence-electron chi connectivity index (χ2n) is 6.96. The normalized spacial score (nSPS) is 20.2. The molecular formula is C19H23N5O2. The minimum absolute atomic E-state index is 0.0171. The SMILES string of the molecule is Cc1nccnc1CCC1COCCN1C(=O)c1cnc(C2CC2)nc1. The Hall–Kier alpha value is -2.41. The van der Waals surface area contributed by atoms with Crippen LogP contribution in [0.1, 0.15) is 52.8 Å². The van der Waals surface area contributed by atoms with Crippen LogP contribution >= 0.6 is 0 Å². The van der Waals surface area contributed by atoms with E-state index in [1.807, 2.05) is 11.8 Å². The summed E-state index contributed by atoms with van der Waals surface area (Å²) < 4.78 is 5.61. The predicted octanol–water partition coefficient (Wildman–Crippen LogP) is 1.93. The number of carbonyl (C=O) groups is 1. The molecule has 0 N–H and O–H groups in total. The smallest absolute Gasteiger partial charge is 0.257 e. The quantitative estimate of drug-likeness (QED) is 0.817. The molecule has 2 fully saturated rings. The molecule has 7 heteroatoms. The first-order chi connectivity index (χ1) is 12.7. The summed E-state index contributed by atoms with van der Waals surface area (Å²) in [6.07, 6.45) is 10.6. The Bertz CT molecular complexity index is 776. The highest BCUT2D eigenvalue weighted by Gasteiger charge is 2.30. The van der Waals surface area contributed by atoms with Gasteiger partial charge in [0, 0.05) is 37.3 Å². The maximum atomic E-state index is 12.9. The Kier molecular flexibility index (Phi) is 4.88. The molecule has 0 bridgehead atoms. The van der Waals surface area contributed by atoms with Gasteiger partial charge in [-0.05, 0) is 32.6 Å². The minimum Gasteiger partial charge on any atom is -0.377 e. The average molecular weight is 353 g/mol. The van der Waals surface area contributed by atoms with Gasteiger partial charge in [0.05, 0.1) is 36.2 Å². The summed E-state index contributed by atoms with van der Waals surface area (Å²) in [6.45, 7) is 3.66. The van der Waals surface area contributed by atoms with Crippen LogP contribution in [0.25, 0.3) is 0 Å². The van der Waals surface area contributed by atoms with Crippen molar-refractivity contribution in [2.75, 3.05) is 19.8 Å². The highest BCUT2D eigenvalue weighted by molar-refractivity contribution is 5.93. The number of hydrogen-bond acceptors (Lipinski definition) is 6. The van der Waals surface area contributed by atoms with E-state index in [-0.39, 0.29) is 11.9 Å². The number of nitrogens with zero attached hydrogens (tertiary/aromatic N) is 5. The monoisotopic (exact) mass is 353 g/mol. The van der Waals surface area contributed by atoms with Crippen LogP contribution in [0, 0.1) is 6.92 Å². The molecule has 7 nitrogen and oxygen atoms in total. The van der Waals surface area contributed by atoms with Gasteiger partial charge < -0.3 is 9.64 Å². The van der Waals surface area contributed by atoms with Crippen LogP contribution < -0.4 is 0 Å². The summed E-state index contributed by atoms with van der Waals surface area (Å²) in [5, 5.41) is 0. The van der Waals surface area contributed by atoms with Crippen LogP contribution in [-0.2, 0) is 11.2 Å². The fourth-order valence-electron chi connectivity index (χ4n) is 3.31. The summed E-state index contributed by atoms with van der Waals surface area (Å²) in [6, 6.07) is 0.0285. The zero-order valence-electron chi connectivity index (χ0n) is 15.0. The zero-order valence-corrected chi connectivity index (χ0v) is 15.0. The number of aromatic nitrogens is 4. The molecule has 0 aromatic carbocycles. The standard InChI is InChI=1S/C19H23N5O2/c1-13-17(21-7-6-20-13)5-4-16-12-26-9-8-24(16)19(25)15-10-22-18(23-11-15)14-2-3-14/h6-7,10-11,14,16H,2-5,8-9,12H2,1H3.